The summed E-state index contributed by atoms with van der Waals surface area (Å²) in [7, 11) is -1.63. The van der Waals surface area contributed by atoms with Crippen molar-refractivity contribution >= 4 is 27.4 Å². The van der Waals surface area contributed by atoms with Gasteiger partial charge in [-0.2, -0.15) is 0 Å². The van der Waals surface area contributed by atoms with Gasteiger partial charge in [-0.1, -0.05) is 25.1 Å². The molecule has 0 bridgehead atoms. The Hall–Kier alpha value is -2.94. The van der Waals surface area contributed by atoms with Crippen LogP contribution in [0.25, 0.3) is 0 Å². The lowest BCUT2D eigenvalue weighted by Crippen LogP contribution is -2.36. The van der Waals surface area contributed by atoms with Gasteiger partial charge in [0.15, 0.2) is 15.8 Å². The summed E-state index contributed by atoms with van der Waals surface area (Å²) in [6.07, 6.45) is 2.40. The van der Waals surface area contributed by atoms with Crippen molar-refractivity contribution in [3.8, 4) is 0 Å². The number of anilines is 1. The molecule has 168 valence electrons. The summed E-state index contributed by atoms with van der Waals surface area (Å²) in [4.78, 5) is 15.9. The maximum absolute atomic E-state index is 13.7. The molecule has 2 rings (SSSR count). The molecule has 0 radical (unpaired) electrons. The third-order valence-electron chi connectivity index (χ3n) is 4.40. The van der Waals surface area contributed by atoms with Gasteiger partial charge in [0.1, 0.15) is 5.82 Å². The lowest BCUT2D eigenvalue weighted by molar-refractivity contribution is -0.116. The van der Waals surface area contributed by atoms with E-state index >= 15 is 0 Å². The van der Waals surface area contributed by atoms with E-state index in [-0.39, 0.29) is 18.2 Å². The number of sulfone groups is 1. The van der Waals surface area contributed by atoms with E-state index in [1.165, 1.54) is 18.2 Å². The summed E-state index contributed by atoms with van der Waals surface area (Å²) in [5, 5.41) is 9.10. The van der Waals surface area contributed by atoms with Crippen LogP contribution in [0, 0.1) is 5.82 Å². The maximum Gasteiger partial charge on any atom is 0.224 e. The minimum atomic E-state index is -3.25. The number of hydrogen-bond acceptors (Lipinski definition) is 4. The van der Waals surface area contributed by atoms with Crippen LogP contribution in [0.15, 0.2) is 47.5 Å². The zero-order chi connectivity index (χ0) is 22.9. The predicted octanol–water partition coefficient (Wildman–Crippen LogP) is 2.97. The molecular formula is C22H29FN4O3S. The van der Waals surface area contributed by atoms with E-state index in [0.29, 0.717) is 30.1 Å². The van der Waals surface area contributed by atoms with Gasteiger partial charge in [0, 0.05) is 38.5 Å². The first kappa shape index (κ1) is 24.3. The summed E-state index contributed by atoms with van der Waals surface area (Å²) in [5.41, 5.74) is 2.77. The minimum absolute atomic E-state index is 0.0231. The first-order valence-electron chi connectivity index (χ1n) is 9.98. The number of aliphatic imine (C=N–C) groups is 1. The van der Waals surface area contributed by atoms with Crippen LogP contribution in [0.5, 0.6) is 0 Å². The van der Waals surface area contributed by atoms with Crippen LogP contribution >= 0.6 is 0 Å². The highest BCUT2D eigenvalue weighted by Gasteiger charge is 2.11. The van der Waals surface area contributed by atoms with Crippen molar-refractivity contribution in [3.05, 3.63) is 65.0 Å². The summed E-state index contributed by atoms with van der Waals surface area (Å²) in [6, 6.07) is 11.6. The molecule has 9 heteroatoms. The average molecular weight is 449 g/mol. The lowest BCUT2D eigenvalue weighted by Gasteiger charge is -2.15. The van der Waals surface area contributed by atoms with E-state index in [9.17, 15) is 17.6 Å². The lowest BCUT2D eigenvalue weighted by atomic mass is 10.1. The van der Waals surface area contributed by atoms with Crippen molar-refractivity contribution in [2.75, 3.05) is 18.6 Å². The molecule has 31 heavy (non-hydrogen) atoms. The third-order valence-corrected chi connectivity index (χ3v) is 5.24. The summed E-state index contributed by atoms with van der Waals surface area (Å²) >= 11 is 0. The van der Waals surface area contributed by atoms with Crippen molar-refractivity contribution in [1.82, 2.24) is 10.6 Å². The van der Waals surface area contributed by atoms with Crippen LogP contribution in [0.3, 0.4) is 0 Å². The molecule has 0 saturated heterocycles. The molecular weight excluding hydrogens is 419 g/mol. The van der Waals surface area contributed by atoms with E-state index in [4.69, 9.17) is 0 Å². The van der Waals surface area contributed by atoms with E-state index in [1.807, 2.05) is 31.2 Å². The van der Waals surface area contributed by atoms with Gasteiger partial charge < -0.3 is 16.0 Å². The van der Waals surface area contributed by atoms with E-state index in [1.54, 1.807) is 7.05 Å². The summed E-state index contributed by atoms with van der Waals surface area (Å²) in [6.45, 7) is 2.62. The first-order valence-corrected chi connectivity index (χ1v) is 12.0. The molecule has 2 aromatic carbocycles. The van der Waals surface area contributed by atoms with Crippen LogP contribution in [-0.4, -0.2) is 33.6 Å². The van der Waals surface area contributed by atoms with Gasteiger partial charge in [-0.3, -0.25) is 9.79 Å². The number of amides is 1. The summed E-state index contributed by atoms with van der Waals surface area (Å²) in [5.74, 6) is -0.133. The second-order valence-electron chi connectivity index (χ2n) is 7.26. The first-order chi connectivity index (χ1) is 14.7. The second kappa shape index (κ2) is 11.5. The van der Waals surface area contributed by atoms with Gasteiger partial charge in [-0.25, -0.2) is 12.8 Å². The van der Waals surface area contributed by atoms with Gasteiger partial charge in [0.2, 0.25) is 5.91 Å². The van der Waals surface area contributed by atoms with Gasteiger partial charge in [0.25, 0.3) is 0 Å². The highest BCUT2D eigenvalue weighted by molar-refractivity contribution is 7.89. The number of guanidine groups is 1. The van der Waals surface area contributed by atoms with Crippen molar-refractivity contribution in [2.45, 2.75) is 38.6 Å². The molecule has 0 heterocycles. The topological polar surface area (TPSA) is 99.7 Å². The molecule has 7 nitrogen and oxygen atoms in total. The number of rotatable bonds is 9. The number of carbonyl (C=O) groups is 1. The Balaban J connectivity index is 1.99. The Morgan fingerprint density at radius 2 is 1.81 bits per heavy atom. The molecule has 0 spiro atoms. The molecule has 0 unspecified atom stereocenters. The van der Waals surface area contributed by atoms with Crippen LogP contribution in [0.2, 0.25) is 0 Å². The molecule has 0 aliphatic heterocycles. The third kappa shape index (κ3) is 8.75. The molecule has 0 aliphatic carbocycles. The quantitative estimate of drug-likeness (QED) is 0.405. The molecule has 3 N–H and O–H groups in total. The monoisotopic (exact) mass is 448 g/mol. The summed E-state index contributed by atoms with van der Waals surface area (Å²) < 4.78 is 37.0. The number of nitrogens with zero attached hydrogens (tertiary/aromatic N) is 1. The maximum atomic E-state index is 13.7. The molecule has 2 aromatic rings. The Morgan fingerprint density at radius 1 is 1.06 bits per heavy atom. The molecule has 0 fully saturated rings. The number of hydrogen-bond donors (Lipinski definition) is 3. The Morgan fingerprint density at radius 3 is 2.48 bits per heavy atom. The van der Waals surface area contributed by atoms with Crippen LogP contribution in [0.1, 0.15) is 36.5 Å². The number of nitrogens with one attached hydrogen (secondary N) is 3. The second-order valence-corrected chi connectivity index (χ2v) is 9.40. The van der Waals surface area contributed by atoms with Crippen molar-refractivity contribution in [3.63, 3.8) is 0 Å². The fraction of sp³-hybridized carbons (Fsp3) is 0.364. The predicted molar refractivity (Wildman–Crippen MR) is 122 cm³/mol. The normalized spacial score (nSPS) is 11.8. The molecule has 0 aromatic heterocycles. The fourth-order valence-corrected chi connectivity index (χ4v) is 3.82. The number of benzene rings is 2. The molecule has 0 atom stereocenters. The van der Waals surface area contributed by atoms with Crippen molar-refractivity contribution < 1.29 is 17.6 Å². The van der Waals surface area contributed by atoms with Gasteiger partial charge >= 0.3 is 0 Å². The van der Waals surface area contributed by atoms with Gasteiger partial charge in [-0.05, 0) is 47.4 Å². The Bertz CT molecular complexity index is 1040. The van der Waals surface area contributed by atoms with Crippen LogP contribution in [0.4, 0.5) is 10.1 Å². The van der Waals surface area contributed by atoms with Crippen LogP contribution in [-0.2, 0) is 33.5 Å². The molecule has 0 aliphatic rings. The Labute approximate surface area is 183 Å². The number of halogens is 1. The van der Waals surface area contributed by atoms with Gasteiger partial charge in [-0.15, -0.1) is 0 Å². The van der Waals surface area contributed by atoms with Crippen molar-refractivity contribution in [2.24, 2.45) is 4.99 Å². The molecule has 0 saturated carbocycles. The van der Waals surface area contributed by atoms with Crippen LogP contribution < -0.4 is 16.0 Å². The zero-order valence-corrected chi connectivity index (χ0v) is 18.9. The highest BCUT2D eigenvalue weighted by atomic mass is 32.2. The largest absolute Gasteiger partial charge is 0.352 e. The van der Waals surface area contributed by atoms with E-state index < -0.39 is 15.7 Å². The van der Waals surface area contributed by atoms with Gasteiger partial charge in [0.05, 0.1) is 5.75 Å². The van der Waals surface area contributed by atoms with E-state index in [2.05, 4.69) is 20.9 Å². The highest BCUT2D eigenvalue weighted by Crippen LogP contribution is 2.15. The zero-order valence-electron chi connectivity index (χ0n) is 18.0. The molecule has 1 amide bonds. The Kier molecular flexibility index (Phi) is 8.99. The minimum Gasteiger partial charge on any atom is -0.352 e. The fourth-order valence-electron chi connectivity index (χ4n) is 2.98. The average Bonchev–Trinajstić information content (AvgIpc) is 2.69. The number of carbonyl (C=O) groups excluding carboxylic acids is 1. The smallest absolute Gasteiger partial charge is 0.224 e. The standard InChI is InChI=1S/C22H29FN4O3S/c1-4-6-21(28)27-20-8-5-7-16(11-20)13-25-22(24-2)26-14-18-12-19(23)10-9-17(18)15-31(3,29)30/h5,7-12H,4,6,13-15H2,1-3H3,(H,27,28)(H2,24,25,26). The van der Waals surface area contributed by atoms with E-state index in [0.717, 1.165) is 23.9 Å². The van der Waals surface area contributed by atoms with Crippen molar-refractivity contribution in [1.29, 1.82) is 0 Å². The SMILES string of the molecule is CCCC(=O)Nc1cccc(CNC(=NC)NCc2cc(F)ccc2CS(C)(=O)=O)c1.